The lowest BCUT2D eigenvalue weighted by molar-refractivity contribution is 0.140. The summed E-state index contributed by atoms with van der Waals surface area (Å²) in [7, 11) is 4.34. The number of likely N-dealkylation sites (tertiary alicyclic amines) is 1. The maximum atomic E-state index is 7.48. The minimum atomic E-state index is 0.145. The van der Waals surface area contributed by atoms with Crippen molar-refractivity contribution in [3.05, 3.63) is 34.9 Å². The zero-order chi connectivity index (χ0) is 14.7. The van der Waals surface area contributed by atoms with Gasteiger partial charge in [0.25, 0.3) is 0 Å². The van der Waals surface area contributed by atoms with E-state index in [0.29, 0.717) is 0 Å². The number of benzene rings is 1. The predicted molar refractivity (Wildman–Crippen MR) is 84.2 cm³/mol. The van der Waals surface area contributed by atoms with Crippen LogP contribution in [0.25, 0.3) is 0 Å². The van der Waals surface area contributed by atoms with Gasteiger partial charge in [-0.2, -0.15) is 0 Å². The molecular weight excluding hydrogens is 248 g/mol. The van der Waals surface area contributed by atoms with E-state index in [1.165, 1.54) is 24.0 Å². The van der Waals surface area contributed by atoms with Gasteiger partial charge >= 0.3 is 0 Å². The average molecular weight is 274 g/mol. The second kappa shape index (κ2) is 6.37. The molecule has 1 aliphatic heterocycles. The van der Waals surface area contributed by atoms with Crippen LogP contribution in [0.2, 0.25) is 0 Å². The number of nitrogens with one attached hydrogen (secondary N) is 1. The van der Waals surface area contributed by atoms with Crippen molar-refractivity contribution in [2.75, 3.05) is 27.2 Å². The quantitative estimate of drug-likeness (QED) is 0.650. The molecule has 4 heteroatoms. The molecule has 20 heavy (non-hydrogen) atoms. The maximum absolute atomic E-state index is 7.48. The molecule has 1 saturated heterocycles. The van der Waals surface area contributed by atoms with E-state index in [1.54, 1.807) is 0 Å². The van der Waals surface area contributed by atoms with Crippen LogP contribution >= 0.6 is 0 Å². The van der Waals surface area contributed by atoms with Crippen LogP contribution < -0.4 is 5.73 Å². The molecule has 0 amide bonds. The van der Waals surface area contributed by atoms with Gasteiger partial charge in [0, 0.05) is 18.2 Å². The summed E-state index contributed by atoms with van der Waals surface area (Å²) in [6.45, 7) is 5.44. The number of hydrogen-bond acceptors (Lipinski definition) is 3. The summed E-state index contributed by atoms with van der Waals surface area (Å²) in [4.78, 5) is 4.86. The van der Waals surface area contributed by atoms with Crippen LogP contribution in [-0.2, 0) is 6.54 Å². The third kappa shape index (κ3) is 3.58. The molecule has 0 aliphatic carbocycles. The third-order valence-electron chi connectivity index (χ3n) is 4.33. The molecule has 1 fully saturated rings. The molecular formula is C16H26N4. The Hall–Kier alpha value is -1.39. The Balaban J connectivity index is 1.96. The van der Waals surface area contributed by atoms with E-state index in [2.05, 4.69) is 36.9 Å². The highest BCUT2D eigenvalue weighted by Crippen LogP contribution is 2.19. The number of nitrogen functional groups attached to an aromatic ring is 1. The molecule has 0 atom stereocenters. The molecule has 1 aliphatic rings. The summed E-state index contributed by atoms with van der Waals surface area (Å²) in [5.74, 6) is 0.145. The number of piperidine rings is 1. The van der Waals surface area contributed by atoms with Crippen LogP contribution in [-0.4, -0.2) is 48.9 Å². The summed E-state index contributed by atoms with van der Waals surface area (Å²) in [6.07, 6.45) is 2.50. The Morgan fingerprint density at radius 2 is 2.00 bits per heavy atom. The summed E-state index contributed by atoms with van der Waals surface area (Å²) in [5, 5.41) is 7.48. The average Bonchev–Trinajstić information content (AvgIpc) is 2.41. The van der Waals surface area contributed by atoms with E-state index in [9.17, 15) is 0 Å². The van der Waals surface area contributed by atoms with Gasteiger partial charge in [0.15, 0.2) is 0 Å². The van der Waals surface area contributed by atoms with Gasteiger partial charge in [-0.15, -0.1) is 0 Å². The number of nitrogens with zero attached hydrogens (tertiary/aromatic N) is 2. The van der Waals surface area contributed by atoms with E-state index in [0.717, 1.165) is 31.2 Å². The van der Waals surface area contributed by atoms with Crippen LogP contribution in [0.15, 0.2) is 18.2 Å². The fourth-order valence-corrected chi connectivity index (χ4v) is 2.88. The normalized spacial score (nSPS) is 17.6. The zero-order valence-corrected chi connectivity index (χ0v) is 12.8. The summed E-state index contributed by atoms with van der Waals surface area (Å²) >= 11 is 0. The van der Waals surface area contributed by atoms with E-state index in [-0.39, 0.29) is 5.84 Å². The van der Waals surface area contributed by atoms with Gasteiger partial charge in [-0.3, -0.25) is 10.3 Å². The number of amidine groups is 1. The van der Waals surface area contributed by atoms with Gasteiger partial charge in [-0.25, -0.2) is 0 Å². The molecule has 0 radical (unpaired) electrons. The van der Waals surface area contributed by atoms with Crippen molar-refractivity contribution in [3.8, 4) is 0 Å². The fraction of sp³-hybridized carbons (Fsp3) is 0.562. The highest BCUT2D eigenvalue weighted by atomic mass is 15.2. The Labute approximate surface area is 122 Å². The Morgan fingerprint density at radius 3 is 2.50 bits per heavy atom. The van der Waals surface area contributed by atoms with Gasteiger partial charge in [-0.1, -0.05) is 12.1 Å². The zero-order valence-electron chi connectivity index (χ0n) is 12.8. The lowest BCUT2D eigenvalue weighted by atomic mass is 10.0. The van der Waals surface area contributed by atoms with E-state index < -0.39 is 0 Å². The summed E-state index contributed by atoms with van der Waals surface area (Å²) < 4.78 is 0. The topological polar surface area (TPSA) is 56.4 Å². The van der Waals surface area contributed by atoms with Crippen LogP contribution in [0.1, 0.15) is 29.5 Å². The van der Waals surface area contributed by atoms with E-state index in [1.807, 2.05) is 12.1 Å². The van der Waals surface area contributed by atoms with Crippen LogP contribution in [0.3, 0.4) is 0 Å². The lowest BCUT2D eigenvalue weighted by Gasteiger charge is -2.35. The van der Waals surface area contributed by atoms with Gasteiger partial charge in [0.1, 0.15) is 5.84 Å². The molecule has 1 heterocycles. The summed E-state index contributed by atoms with van der Waals surface area (Å²) in [6, 6.07) is 6.82. The third-order valence-corrected chi connectivity index (χ3v) is 4.33. The first kappa shape index (κ1) is 15.0. The Kier molecular flexibility index (Phi) is 4.78. The second-order valence-electron chi connectivity index (χ2n) is 6.03. The lowest BCUT2D eigenvalue weighted by Crippen LogP contribution is -2.41. The number of hydrogen-bond donors (Lipinski definition) is 2. The molecule has 110 valence electrons. The molecule has 0 saturated carbocycles. The van der Waals surface area contributed by atoms with Gasteiger partial charge in [-0.05, 0) is 64.1 Å². The van der Waals surface area contributed by atoms with E-state index >= 15 is 0 Å². The SMILES string of the molecule is Cc1cc(C(=N)N)ccc1CN1CCC(N(C)C)CC1. The molecule has 0 bridgehead atoms. The maximum Gasteiger partial charge on any atom is 0.122 e. The predicted octanol–water partition coefficient (Wildman–Crippen LogP) is 1.81. The molecule has 3 N–H and O–H groups in total. The summed E-state index contributed by atoms with van der Waals surface area (Å²) in [5.41, 5.74) is 8.92. The monoisotopic (exact) mass is 274 g/mol. The first-order chi connectivity index (χ1) is 9.47. The van der Waals surface area contributed by atoms with Gasteiger partial charge in [0.05, 0.1) is 0 Å². The van der Waals surface area contributed by atoms with Crippen molar-refractivity contribution in [2.24, 2.45) is 5.73 Å². The minimum Gasteiger partial charge on any atom is -0.384 e. The van der Waals surface area contributed by atoms with E-state index in [4.69, 9.17) is 11.1 Å². The van der Waals surface area contributed by atoms with Crippen molar-refractivity contribution in [3.63, 3.8) is 0 Å². The highest BCUT2D eigenvalue weighted by molar-refractivity contribution is 5.95. The molecule has 0 unspecified atom stereocenters. The first-order valence-corrected chi connectivity index (χ1v) is 7.30. The highest BCUT2D eigenvalue weighted by Gasteiger charge is 2.20. The first-order valence-electron chi connectivity index (χ1n) is 7.30. The Morgan fingerprint density at radius 1 is 1.35 bits per heavy atom. The Bertz CT molecular complexity index is 473. The second-order valence-corrected chi connectivity index (χ2v) is 6.03. The van der Waals surface area contributed by atoms with Crippen LogP contribution in [0.5, 0.6) is 0 Å². The van der Waals surface area contributed by atoms with Crippen molar-refractivity contribution in [1.82, 2.24) is 9.80 Å². The minimum absolute atomic E-state index is 0.145. The van der Waals surface area contributed by atoms with Gasteiger partial charge < -0.3 is 10.6 Å². The van der Waals surface area contributed by atoms with Crippen molar-refractivity contribution >= 4 is 5.84 Å². The standard InChI is InChI=1S/C16H26N4/c1-12-10-13(16(17)18)4-5-14(12)11-20-8-6-15(7-9-20)19(2)3/h4-5,10,15H,6-9,11H2,1-3H3,(H3,17,18). The van der Waals surface area contributed by atoms with Crippen LogP contribution in [0.4, 0.5) is 0 Å². The number of rotatable bonds is 4. The smallest absolute Gasteiger partial charge is 0.122 e. The molecule has 0 aromatic heterocycles. The molecule has 1 aromatic rings. The number of aryl methyl sites for hydroxylation is 1. The van der Waals surface area contributed by atoms with Crippen molar-refractivity contribution in [1.29, 1.82) is 5.41 Å². The molecule has 2 rings (SSSR count). The number of nitrogens with two attached hydrogens (primary N) is 1. The van der Waals surface area contributed by atoms with Crippen molar-refractivity contribution in [2.45, 2.75) is 32.4 Å². The molecule has 4 nitrogen and oxygen atoms in total. The van der Waals surface area contributed by atoms with Crippen LogP contribution in [0, 0.1) is 12.3 Å². The van der Waals surface area contributed by atoms with Crippen molar-refractivity contribution < 1.29 is 0 Å². The molecule has 1 aromatic carbocycles. The molecule has 0 spiro atoms. The fourth-order valence-electron chi connectivity index (χ4n) is 2.88. The van der Waals surface area contributed by atoms with Gasteiger partial charge in [0.2, 0.25) is 0 Å². The largest absolute Gasteiger partial charge is 0.384 e.